The van der Waals surface area contributed by atoms with E-state index in [-0.39, 0.29) is 11.8 Å². The van der Waals surface area contributed by atoms with Crippen LogP contribution in [0.5, 0.6) is 0 Å². The molecule has 28 heavy (non-hydrogen) atoms. The fourth-order valence-electron chi connectivity index (χ4n) is 4.18. The molecule has 1 heterocycles. The van der Waals surface area contributed by atoms with Crippen molar-refractivity contribution in [3.63, 3.8) is 0 Å². The molecule has 0 radical (unpaired) electrons. The van der Waals surface area contributed by atoms with E-state index < -0.39 is 11.6 Å². The Morgan fingerprint density at radius 2 is 1.89 bits per heavy atom. The summed E-state index contributed by atoms with van der Waals surface area (Å²) in [7, 11) is 0. The van der Waals surface area contributed by atoms with Crippen LogP contribution in [0.15, 0.2) is 48.5 Å². The fraction of sp³-hybridized carbons (Fsp3) is 0.391. The third kappa shape index (κ3) is 3.20. The number of nitrogens with two attached hydrogens (primary N) is 1. The lowest BCUT2D eigenvalue weighted by Gasteiger charge is -2.24. The maximum atomic E-state index is 13.5. The second-order valence-corrected chi connectivity index (χ2v) is 8.14. The van der Waals surface area contributed by atoms with Crippen molar-refractivity contribution < 1.29 is 14.9 Å². The Hall–Kier alpha value is -2.66. The van der Waals surface area contributed by atoms with Gasteiger partial charge >= 0.3 is 11.9 Å². The highest BCUT2D eigenvalue weighted by molar-refractivity contribution is 6.02. The number of nitrogens with one attached hydrogen (secondary N) is 1. The topological polar surface area (TPSA) is 80.5 Å². The zero-order valence-electron chi connectivity index (χ0n) is 16.5. The third-order valence-corrected chi connectivity index (χ3v) is 5.83. The van der Waals surface area contributed by atoms with Gasteiger partial charge in [-0.1, -0.05) is 48.0 Å². The van der Waals surface area contributed by atoms with Gasteiger partial charge in [0.2, 0.25) is 5.54 Å². The highest BCUT2D eigenvalue weighted by atomic mass is 16.3. The molecule has 0 bridgehead atoms. The van der Waals surface area contributed by atoms with Crippen molar-refractivity contribution in [2.24, 2.45) is 11.7 Å². The van der Waals surface area contributed by atoms with Crippen LogP contribution in [0, 0.1) is 12.8 Å². The minimum atomic E-state index is -0.803. The van der Waals surface area contributed by atoms with E-state index in [2.05, 4.69) is 48.3 Å². The number of hydrogen-bond donors (Lipinski definition) is 3. The number of aliphatic hydroxyl groups excluding tert-OH is 1. The van der Waals surface area contributed by atoms with Crippen LogP contribution in [0.25, 0.3) is 11.1 Å². The van der Waals surface area contributed by atoms with Crippen molar-refractivity contribution >= 4 is 11.9 Å². The summed E-state index contributed by atoms with van der Waals surface area (Å²) < 4.78 is 0. The van der Waals surface area contributed by atoms with Gasteiger partial charge in [-0.25, -0.2) is 0 Å². The first-order valence-electron chi connectivity index (χ1n) is 10.00. The first-order valence-corrected chi connectivity index (χ1v) is 10.00. The maximum Gasteiger partial charge on any atom is 0.352 e. The van der Waals surface area contributed by atoms with Crippen LogP contribution in [-0.2, 0) is 10.3 Å². The first kappa shape index (κ1) is 18.7. The molecule has 1 fully saturated rings. The first-order chi connectivity index (χ1) is 13.4. The van der Waals surface area contributed by atoms with E-state index in [1.807, 2.05) is 12.1 Å². The Morgan fingerprint density at radius 3 is 2.54 bits per heavy atom. The van der Waals surface area contributed by atoms with Crippen LogP contribution in [0.3, 0.4) is 0 Å². The lowest BCUT2D eigenvalue weighted by molar-refractivity contribution is -0.545. The van der Waals surface area contributed by atoms with Gasteiger partial charge < -0.3 is 5.11 Å². The number of guanidine groups is 1. The molecule has 2 unspecified atom stereocenters. The molecule has 2 aliphatic rings. The average Bonchev–Trinajstić information content (AvgIpc) is 3.48. The molecule has 2 aromatic rings. The number of aryl methyl sites for hydroxylation is 1. The van der Waals surface area contributed by atoms with Gasteiger partial charge in [-0.2, -0.15) is 4.90 Å². The molecule has 1 aliphatic carbocycles. The van der Waals surface area contributed by atoms with Gasteiger partial charge in [0.05, 0.1) is 12.6 Å². The van der Waals surface area contributed by atoms with E-state index in [4.69, 9.17) is 5.73 Å². The zero-order valence-corrected chi connectivity index (χ0v) is 16.5. The number of nitrogens with zero attached hydrogens (tertiary/aromatic N) is 1. The molecule has 0 aromatic heterocycles. The van der Waals surface area contributed by atoms with Crippen molar-refractivity contribution in [1.29, 1.82) is 0 Å². The molecule has 1 saturated carbocycles. The van der Waals surface area contributed by atoms with Gasteiger partial charge in [-0.15, -0.1) is 0 Å². The number of amides is 1. The second kappa shape index (κ2) is 7.06. The predicted molar refractivity (Wildman–Crippen MR) is 109 cm³/mol. The Balaban J connectivity index is 1.74. The molecule has 5 heteroatoms. The van der Waals surface area contributed by atoms with Crippen LogP contribution in [-0.4, -0.2) is 34.5 Å². The largest absolute Gasteiger partial charge is 0.393 e. The Labute approximate surface area is 165 Å². The van der Waals surface area contributed by atoms with Crippen molar-refractivity contribution in [3.8, 4) is 11.1 Å². The van der Waals surface area contributed by atoms with E-state index >= 15 is 0 Å². The monoisotopic (exact) mass is 378 g/mol. The van der Waals surface area contributed by atoms with Gasteiger partial charge in [0, 0.05) is 17.9 Å². The molecule has 4 rings (SSSR count). The number of carbonyl (C=O) groups excluding carboxylic acids is 1. The fourth-order valence-corrected chi connectivity index (χ4v) is 4.18. The second-order valence-electron chi connectivity index (χ2n) is 8.14. The van der Waals surface area contributed by atoms with Crippen molar-refractivity contribution in [2.45, 2.75) is 44.8 Å². The van der Waals surface area contributed by atoms with E-state index in [1.54, 1.807) is 11.8 Å². The highest BCUT2D eigenvalue weighted by Crippen LogP contribution is 2.45. The molecule has 0 spiro atoms. The minimum absolute atomic E-state index is 0.00505. The number of carbonyl (C=O) groups is 1. The maximum absolute atomic E-state index is 13.5. The van der Waals surface area contributed by atoms with Crippen molar-refractivity contribution in [2.75, 3.05) is 6.54 Å². The van der Waals surface area contributed by atoms with Gasteiger partial charge in [0.1, 0.15) is 0 Å². The summed E-state index contributed by atoms with van der Waals surface area (Å²) in [4.78, 5) is 18.5. The molecule has 2 aromatic carbocycles. The summed E-state index contributed by atoms with van der Waals surface area (Å²) >= 11 is 0. The average molecular weight is 378 g/mol. The van der Waals surface area contributed by atoms with E-state index in [0.29, 0.717) is 18.9 Å². The van der Waals surface area contributed by atoms with Gasteiger partial charge in [-0.3, -0.25) is 15.5 Å². The van der Waals surface area contributed by atoms with Crippen molar-refractivity contribution in [1.82, 2.24) is 4.90 Å². The lowest BCUT2D eigenvalue weighted by atomic mass is 9.83. The summed E-state index contributed by atoms with van der Waals surface area (Å²) in [6, 6.07) is 16.6. The van der Waals surface area contributed by atoms with Gasteiger partial charge in [0.15, 0.2) is 0 Å². The predicted octanol–water partition coefficient (Wildman–Crippen LogP) is 1.28. The Bertz CT molecular complexity index is 933. The molecule has 2 atom stereocenters. The highest BCUT2D eigenvalue weighted by Gasteiger charge is 2.61. The normalized spacial score (nSPS) is 23.0. The van der Waals surface area contributed by atoms with Crippen LogP contribution in [0.1, 0.15) is 37.3 Å². The quantitative estimate of drug-likeness (QED) is 0.708. The third-order valence-electron chi connectivity index (χ3n) is 5.83. The van der Waals surface area contributed by atoms with Crippen LogP contribution in [0.4, 0.5) is 0 Å². The van der Waals surface area contributed by atoms with Crippen LogP contribution < -0.4 is 10.7 Å². The smallest absolute Gasteiger partial charge is 0.352 e. The summed E-state index contributed by atoms with van der Waals surface area (Å²) in [5, 5.41) is 9.63. The number of benzene rings is 2. The molecular weight excluding hydrogens is 350 g/mol. The van der Waals surface area contributed by atoms with E-state index in [1.165, 1.54) is 5.56 Å². The van der Waals surface area contributed by atoms with Crippen molar-refractivity contribution in [3.05, 3.63) is 59.7 Å². The number of rotatable bonds is 6. The van der Waals surface area contributed by atoms with Gasteiger partial charge in [0.25, 0.3) is 0 Å². The molecule has 0 saturated heterocycles. The Morgan fingerprint density at radius 1 is 1.21 bits per heavy atom. The number of hydrogen-bond acceptors (Lipinski definition) is 3. The summed E-state index contributed by atoms with van der Waals surface area (Å²) in [5.74, 6) is 0.621. The van der Waals surface area contributed by atoms with E-state index in [9.17, 15) is 9.90 Å². The summed E-state index contributed by atoms with van der Waals surface area (Å²) in [5.41, 5.74) is 9.83. The molecular formula is C23H28N3O2+. The summed E-state index contributed by atoms with van der Waals surface area (Å²) in [6.07, 6.45) is 2.04. The van der Waals surface area contributed by atoms with Gasteiger partial charge in [-0.05, 0) is 43.9 Å². The number of aliphatic hydroxyl groups is 1. The van der Waals surface area contributed by atoms with E-state index in [0.717, 1.165) is 29.5 Å². The molecule has 4 N–H and O–H groups in total. The summed E-state index contributed by atoms with van der Waals surface area (Å²) in [6.45, 7) is 4.22. The standard InChI is InChI=1S/C23H27N3O2/c1-15-5-3-6-17(13-15)18-7-4-8-20(14-18)23(19-9-10-19)21(28)26(22(24)25-23)12-11-16(2)27/h3-8,13-14,16,19,27H,9-12H2,1-2H3,(H2,24,25)/p+1. The lowest BCUT2D eigenvalue weighted by Crippen LogP contribution is -2.86. The Kier molecular flexibility index (Phi) is 4.71. The SMILES string of the molecule is Cc1cccc(-c2cccc(C3(C4CC4)[NH+]=C(N)N(CCC(C)O)C3=O)c2)c1. The molecule has 1 aliphatic heterocycles. The van der Waals surface area contributed by atoms with Crippen LogP contribution in [0.2, 0.25) is 0 Å². The minimum Gasteiger partial charge on any atom is -0.393 e. The zero-order chi connectivity index (χ0) is 19.9. The molecule has 1 amide bonds. The molecule has 146 valence electrons. The molecule has 5 nitrogen and oxygen atoms in total. The van der Waals surface area contributed by atoms with Crippen LogP contribution >= 0.6 is 0 Å².